The van der Waals surface area contributed by atoms with E-state index in [9.17, 15) is 4.79 Å². The number of thioether (sulfide) groups is 1. The topological polar surface area (TPSA) is 55.1 Å². The molecule has 0 fully saturated rings. The van der Waals surface area contributed by atoms with E-state index in [1.165, 1.54) is 0 Å². The summed E-state index contributed by atoms with van der Waals surface area (Å²) in [7, 11) is 0. The Kier molecular flexibility index (Phi) is 4.52. The molecule has 0 bridgehead atoms. The van der Waals surface area contributed by atoms with E-state index in [-0.39, 0.29) is 11.7 Å². The molecule has 1 rings (SSSR count). The molecule has 1 heterocycles. The van der Waals surface area contributed by atoms with Gasteiger partial charge in [0.1, 0.15) is 0 Å². The highest BCUT2D eigenvalue weighted by atomic mass is 32.2. The van der Waals surface area contributed by atoms with Crippen LogP contribution < -0.4 is 0 Å². The maximum Gasteiger partial charge on any atom is 0.304 e. The summed E-state index contributed by atoms with van der Waals surface area (Å²) < 4.78 is 1.99. The number of aryl methyl sites for hydroxylation is 1. The monoisotopic (exact) mass is 214 g/mol. The van der Waals surface area contributed by atoms with Crippen LogP contribution in [0.15, 0.2) is 18.7 Å². The van der Waals surface area contributed by atoms with E-state index in [2.05, 4.69) is 4.98 Å². The van der Waals surface area contributed by atoms with Crippen LogP contribution in [-0.2, 0) is 11.3 Å². The SMILES string of the molecule is CC(CC(=O)O)SCCn1ccnc1. The van der Waals surface area contributed by atoms with Crippen molar-refractivity contribution in [3.8, 4) is 0 Å². The van der Waals surface area contributed by atoms with Gasteiger partial charge in [0.2, 0.25) is 0 Å². The molecule has 1 aromatic heterocycles. The van der Waals surface area contributed by atoms with Gasteiger partial charge >= 0.3 is 5.97 Å². The van der Waals surface area contributed by atoms with Gasteiger partial charge in [-0.3, -0.25) is 4.79 Å². The molecule has 0 aliphatic heterocycles. The van der Waals surface area contributed by atoms with Gasteiger partial charge < -0.3 is 9.67 Å². The number of imidazole rings is 1. The van der Waals surface area contributed by atoms with E-state index in [1.54, 1.807) is 24.3 Å². The van der Waals surface area contributed by atoms with Crippen molar-refractivity contribution in [1.29, 1.82) is 0 Å². The number of aliphatic carboxylic acids is 1. The largest absolute Gasteiger partial charge is 0.481 e. The Balaban J connectivity index is 2.12. The Morgan fingerprint density at radius 2 is 2.50 bits per heavy atom. The van der Waals surface area contributed by atoms with Gasteiger partial charge in [0.05, 0.1) is 12.7 Å². The number of aromatic nitrogens is 2. The number of rotatable bonds is 6. The normalized spacial score (nSPS) is 12.6. The fraction of sp³-hybridized carbons (Fsp3) is 0.556. The number of hydrogen-bond donors (Lipinski definition) is 1. The highest BCUT2D eigenvalue weighted by molar-refractivity contribution is 7.99. The van der Waals surface area contributed by atoms with Crippen molar-refractivity contribution >= 4 is 17.7 Å². The summed E-state index contributed by atoms with van der Waals surface area (Å²) in [6, 6.07) is 0. The lowest BCUT2D eigenvalue weighted by atomic mass is 10.3. The molecule has 0 aromatic carbocycles. The molecule has 1 aromatic rings. The van der Waals surface area contributed by atoms with E-state index in [0.717, 1.165) is 12.3 Å². The van der Waals surface area contributed by atoms with Crippen LogP contribution in [0.4, 0.5) is 0 Å². The fourth-order valence-corrected chi connectivity index (χ4v) is 2.06. The molecule has 0 saturated heterocycles. The first kappa shape index (κ1) is 11.1. The molecule has 1 atom stereocenters. The Bertz CT molecular complexity index is 274. The third-order valence-corrected chi connectivity index (χ3v) is 2.93. The molecular formula is C9H14N2O2S. The summed E-state index contributed by atoms with van der Waals surface area (Å²) in [5.74, 6) is 0.192. The van der Waals surface area contributed by atoms with Crippen molar-refractivity contribution < 1.29 is 9.90 Å². The Hall–Kier alpha value is -0.970. The molecule has 0 spiro atoms. The Morgan fingerprint density at radius 1 is 1.71 bits per heavy atom. The first-order valence-corrected chi connectivity index (χ1v) is 5.52. The molecule has 0 saturated carbocycles. The summed E-state index contributed by atoms with van der Waals surface area (Å²) in [5, 5.41) is 8.72. The maximum atomic E-state index is 10.4. The lowest BCUT2D eigenvalue weighted by Gasteiger charge is -2.08. The quantitative estimate of drug-likeness (QED) is 0.779. The molecule has 5 heteroatoms. The van der Waals surface area contributed by atoms with Crippen LogP contribution in [0.2, 0.25) is 0 Å². The number of carboxylic acids is 1. The van der Waals surface area contributed by atoms with Crippen LogP contribution >= 0.6 is 11.8 Å². The van der Waals surface area contributed by atoms with Crippen LogP contribution in [0.3, 0.4) is 0 Å². The third kappa shape index (κ3) is 4.32. The van der Waals surface area contributed by atoms with Gasteiger partial charge in [0.15, 0.2) is 0 Å². The standard InChI is InChI=1S/C9H14N2O2S/c1-8(6-9(12)13)14-5-4-11-3-2-10-7-11/h2-3,7-8H,4-6H2,1H3,(H,12,13). The molecular weight excluding hydrogens is 200 g/mol. The van der Waals surface area contributed by atoms with Crippen molar-refractivity contribution in [1.82, 2.24) is 9.55 Å². The van der Waals surface area contributed by atoms with Crippen LogP contribution in [0, 0.1) is 0 Å². The molecule has 78 valence electrons. The van der Waals surface area contributed by atoms with Crippen LogP contribution in [0.1, 0.15) is 13.3 Å². The van der Waals surface area contributed by atoms with E-state index in [0.29, 0.717) is 0 Å². The van der Waals surface area contributed by atoms with Crippen LogP contribution in [0.25, 0.3) is 0 Å². The highest BCUT2D eigenvalue weighted by Crippen LogP contribution is 2.14. The minimum Gasteiger partial charge on any atom is -0.481 e. The smallest absolute Gasteiger partial charge is 0.304 e. The summed E-state index contributed by atoms with van der Waals surface area (Å²) in [6.07, 6.45) is 5.64. The van der Waals surface area contributed by atoms with Gasteiger partial charge in [-0.1, -0.05) is 6.92 Å². The summed E-state index contributed by atoms with van der Waals surface area (Å²) >= 11 is 1.67. The van der Waals surface area contributed by atoms with Gasteiger partial charge in [0.25, 0.3) is 0 Å². The van der Waals surface area contributed by atoms with Crippen LogP contribution in [0.5, 0.6) is 0 Å². The van der Waals surface area contributed by atoms with E-state index in [4.69, 9.17) is 5.11 Å². The zero-order chi connectivity index (χ0) is 10.4. The zero-order valence-electron chi connectivity index (χ0n) is 8.09. The predicted octanol–water partition coefficient (Wildman–Crippen LogP) is 1.48. The second kappa shape index (κ2) is 5.70. The number of carboxylic acid groups (broad SMARTS) is 1. The highest BCUT2D eigenvalue weighted by Gasteiger charge is 2.07. The van der Waals surface area contributed by atoms with E-state index >= 15 is 0 Å². The first-order valence-electron chi connectivity index (χ1n) is 4.47. The number of carbonyl (C=O) groups is 1. The maximum absolute atomic E-state index is 10.4. The lowest BCUT2D eigenvalue weighted by molar-refractivity contribution is -0.136. The van der Waals surface area contributed by atoms with Crippen molar-refractivity contribution in [2.75, 3.05) is 5.75 Å². The van der Waals surface area contributed by atoms with Crippen molar-refractivity contribution in [2.24, 2.45) is 0 Å². The van der Waals surface area contributed by atoms with E-state index < -0.39 is 5.97 Å². The zero-order valence-corrected chi connectivity index (χ0v) is 8.91. The predicted molar refractivity (Wildman–Crippen MR) is 56.4 cm³/mol. The average molecular weight is 214 g/mol. The molecule has 0 radical (unpaired) electrons. The molecule has 4 nitrogen and oxygen atoms in total. The molecule has 14 heavy (non-hydrogen) atoms. The molecule has 0 amide bonds. The number of hydrogen-bond acceptors (Lipinski definition) is 3. The van der Waals surface area contributed by atoms with Gasteiger partial charge in [-0.2, -0.15) is 11.8 Å². The lowest BCUT2D eigenvalue weighted by Crippen LogP contribution is -2.08. The second-order valence-corrected chi connectivity index (χ2v) is 4.63. The fourth-order valence-electron chi connectivity index (χ4n) is 1.08. The molecule has 0 aliphatic rings. The Morgan fingerprint density at radius 3 is 3.07 bits per heavy atom. The molecule has 0 aliphatic carbocycles. The van der Waals surface area contributed by atoms with Gasteiger partial charge in [0, 0.05) is 29.9 Å². The minimum absolute atomic E-state index is 0.177. The summed E-state index contributed by atoms with van der Waals surface area (Å²) in [5.41, 5.74) is 0. The average Bonchev–Trinajstić information content (AvgIpc) is 2.55. The second-order valence-electron chi connectivity index (χ2n) is 3.08. The Labute approximate surface area is 87.3 Å². The van der Waals surface area contributed by atoms with Crippen molar-refractivity contribution in [2.45, 2.75) is 25.1 Å². The van der Waals surface area contributed by atoms with E-state index in [1.807, 2.05) is 17.7 Å². The first-order chi connectivity index (χ1) is 6.68. The van der Waals surface area contributed by atoms with Crippen LogP contribution in [-0.4, -0.2) is 31.6 Å². The van der Waals surface area contributed by atoms with Gasteiger partial charge in [-0.15, -0.1) is 0 Å². The summed E-state index contributed by atoms with van der Waals surface area (Å²) in [6.45, 7) is 2.82. The van der Waals surface area contributed by atoms with Gasteiger partial charge in [-0.05, 0) is 0 Å². The van der Waals surface area contributed by atoms with Gasteiger partial charge in [-0.25, -0.2) is 4.98 Å². The van der Waals surface area contributed by atoms with Crippen molar-refractivity contribution in [3.63, 3.8) is 0 Å². The third-order valence-electron chi connectivity index (χ3n) is 1.77. The number of nitrogens with zero attached hydrogens (tertiary/aromatic N) is 2. The minimum atomic E-state index is -0.729. The molecule has 1 unspecified atom stereocenters. The summed E-state index contributed by atoms with van der Waals surface area (Å²) in [4.78, 5) is 14.3. The van der Waals surface area contributed by atoms with Crippen molar-refractivity contribution in [3.05, 3.63) is 18.7 Å². The molecule has 1 N–H and O–H groups in total.